The molecule has 0 unspecified atom stereocenters. The Kier molecular flexibility index (Phi) is 6.23. The van der Waals surface area contributed by atoms with Crippen molar-refractivity contribution in [1.29, 1.82) is 0 Å². The van der Waals surface area contributed by atoms with Crippen molar-refractivity contribution >= 4 is 43.4 Å². The smallest absolute Gasteiger partial charge is 0.328 e. The molecule has 172 valence electrons. The number of aromatic amines is 1. The van der Waals surface area contributed by atoms with Gasteiger partial charge in [0, 0.05) is 19.0 Å². The summed E-state index contributed by atoms with van der Waals surface area (Å²) in [4.78, 5) is 35.2. The highest BCUT2D eigenvalue weighted by atomic mass is 35.5. The summed E-state index contributed by atoms with van der Waals surface area (Å²) in [6.07, 6.45) is 2.80. The van der Waals surface area contributed by atoms with E-state index < -0.39 is 5.69 Å². The number of para-hydroxylation sites is 1. The molecular formula is C24H25ClN4O3S. The highest BCUT2D eigenvalue weighted by Gasteiger charge is 2.25. The van der Waals surface area contributed by atoms with Gasteiger partial charge in [-0.3, -0.25) is 9.36 Å². The van der Waals surface area contributed by atoms with Crippen LogP contribution < -0.4 is 16.0 Å². The maximum atomic E-state index is 13.0. The number of likely N-dealkylation sites (tertiary alicyclic amines) is 1. The largest absolute Gasteiger partial charge is 0.496 e. The normalized spacial score (nSPS) is 16.7. The fourth-order valence-corrected chi connectivity index (χ4v) is 5.91. The van der Waals surface area contributed by atoms with E-state index in [1.54, 1.807) is 13.2 Å². The van der Waals surface area contributed by atoms with E-state index in [1.165, 1.54) is 21.5 Å². The van der Waals surface area contributed by atoms with Gasteiger partial charge in [0.05, 0.1) is 17.3 Å². The molecule has 1 aliphatic heterocycles. The molecule has 0 amide bonds. The average molecular weight is 485 g/mol. The third-order valence-electron chi connectivity index (χ3n) is 6.37. The van der Waals surface area contributed by atoms with Crippen LogP contribution in [0.2, 0.25) is 5.15 Å². The van der Waals surface area contributed by atoms with Gasteiger partial charge in [-0.15, -0.1) is 11.3 Å². The van der Waals surface area contributed by atoms with E-state index in [1.807, 2.05) is 18.2 Å². The van der Waals surface area contributed by atoms with Gasteiger partial charge in [0.2, 0.25) is 0 Å². The summed E-state index contributed by atoms with van der Waals surface area (Å²) < 4.78 is 8.18. The number of rotatable bonds is 7. The molecule has 5 rings (SSSR count). The van der Waals surface area contributed by atoms with Crippen molar-refractivity contribution < 1.29 is 4.74 Å². The number of H-pyrrole nitrogens is 1. The topological polar surface area (TPSA) is 80.2 Å². The number of hydrogen-bond acceptors (Lipinski definition) is 6. The molecule has 1 aliphatic rings. The minimum atomic E-state index is -0.397. The molecule has 4 aromatic rings. The lowest BCUT2D eigenvalue weighted by molar-refractivity contribution is 0.320. The van der Waals surface area contributed by atoms with Crippen LogP contribution in [0.4, 0.5) is 0 Å². The Bertz CT molecular complexity index is 1430. The molecule has 0 aliphatic carbocycles. The van der Waals surface area contributed by atoms with E-state index in [0.717, 1.165) is 49.3 Å². The van der Waals surface area contributed by atoms with Crippen molar-refractivity contribution in [2.24, 2.45) is 0 Å². The fourth-order valence-electron chi connectivity index (χ4n) is 4.71. The molecule has 33 heavy (non-hydrogen) atoms. The molecule has 0 spiro atoms. The summed E-state index contributed by atoms with van der Waals surface area (Å²) in [6, 6.07) is 11.7. The second kappa shape index (κ2) is 9.29. The zero-order chi connectivity index (χ0) is 22.9. The van der Waals surface area contributed by atoms with Gasteiger partial charge in [0.15, 0.2) is 0 Å². The lowest BCUT2D eigenvalue weighted by Crippen LogP contribution is -2.34. The van der Waals surface area contributed by atoms with Crippen molar-refractivity contribution in [3.8, 4) is 5.75 Å². The Morgan fingerprint density at radius 1 is 1.18 bits per heavy atom. The summed E-state index contributed by atoms with van der Waals surface area (Å²) in [5, 5.41) is 0.335. The van der Waals surface area contributed by atoms with Gasteiger partial charge in [0.25, 0.3) is 5.56 Å². The van der Waals surface area contributed by atoms with Gasteiger partial charge in [-0.1, -0.05) is 29.8 Å². The minimum Gasteiger partial charge on any atom is -0.496 e. The van der Waals surface area contributed by atoms with Gasteiger partial charge in [-0.25, -0.2) is 9.78 Å². The molecular weight excluding hydrogens is 460 g/mol. The quantitative estimate of drug-likeness (QED) is 0.313. The first kappa shape index (κ1) is 22.1. The number of unbranched alkanes of at least 4 members (excludes halogenated alkanes) is 1. The van der Waals surface area contributed by atoms with Crippen LogP contribution in [0, 0.1) is 0 Å². The molecule has 0 bridgehead atoms. The Morgan fingerprint density at radius 3 is 2.85 bits per heavy atom. The van der Waals surface area contributed by atoms with Crippen molar-refractivity contribution in [1.82, 2.24) is 19.4 Å². The van der Waals surface area contributed by atoms with E-state index in [4.69, 9.17) is 16.3 Å². The lowest BCUT2D eigenvalue weighted by atomic mass is 9.97. The third kappa shape index (κ3) is 4.30. The Morgan fingerprint density at radius 2 is 2.00 bits per heavy atom. The van der Waals surface area contributed by atoms with E-state index in [9.17, 15) is 9.59 Å². The van der Waals surface area contributed by atoms with Crippen LogP contribution in [0.15, 0.2) is 46.0 Å². The highest BCUT2D eigenvalue weighted by molar-refractivity contribution is 7.25. The molecule has 1 aromatic carbocycles. The molecule has 9 heteroatoms. The number of pyridine rings is 1. The Labute approximate surface area is 199 Å². The van der Waals surface area contributed by atoms with Crippen molar-refractivity contribution in [2.75, 3.05) is 26.7 Å². The maximum absolute atomic E-state index is 13.0. The zero-order valence-electron chi connectivity index (χ0n) is 18.3. The second-order valence-electron chi connectivity index (χ2n) is 8.41. The molecule has 3 aromatic heterocycles. The standard InChI is InChI=1S/C24H25ClN4O3S/c1-32-17-7-3-2-6-16(17)15-10-13-28(14-15)11-4-5-12-29-23(30)22-21(27-24(29)31)20-18(33-22)8-9-19(25)26-20/h2-3,6-9,15H,4-5,10-14H2,1H3,(H,27,31)/t15-/m0/s1. The number of aromatic nitrogens is 3. The number of ether oxygens (including phenoxy) is 1. The van der Waals surface area contributed by atoms with Crippen LogP contribution in [0.1, 0.15) is 30.7 Å². The van der Waals surface area contributed by atoms with Crippen LogP contribution in [0.25, 0.3) is 20.4 Å². The van der Waals surface area contributed by atoms with Crippen LogP contribution >= 0.6 is 22.9 Å². The van der Waals surface area contributed by atoms with Crippen molar-refractivity contribution in [3.63, 3.8) is 0 Å². The van der Waals surface area contributed by atoms with E-state index in [0.29, 0.717) is 33.3 Å². The third-order valence-corrected chi connectivity index (χ3v) is 7.72. The van der Waals surface area contributed by atoms with Gasteiger partial charge >= 0.3 is 5.69 Å². The van der Waals surface area contributed by atoms with Crippen LogP contribution in [0.3, 0.4) is 0 Å². The fraction of sp³-hybridized carbons (Fsp3) is 0.375. The van der Waals surface area contributed by atoms with Crippen LogP contribution in [-0.4, -0.2) is 46.2 Å². The number of nitrogens with one attached hydrogen (secondary N) is 1. The summed E-state index contributed by atoms with van der Waals surface area (Å²) in [5.41, 5.74) is 1.66. The minimum absolute atomic E-state index is 0.259. The van der Waals surface area contributed by atoms with Crippen LogP contribution in [-0.2, 0) is 6.54 Å². The van der Waals surface area contributed by atoms with Gasteiger partial charge in [-0.05, 0) is 56.1 Å². The van der Waals surface area contributed by atoms with Crippen molar-refractivity contribution in [3.05, 3.63) is 68.0 Å². The SMILES string of the molecule is COc1ccccc1[C@H]1CCN(CCCCn2c(=O)[nH]c3c(sc4ccc(Cl)nc43)c2=O)C1. The summed E-state index contributed by atoms with van der Waals surface area (Å²) in [5.74, 6) is 1.43. The number of halogens is 1. The molecule has 1 atom stereocenters. The zero-order valence-corrected chi connectivity index (χ0v) is 19.9. The Balaban J connectivity index is 1.23. The molecule has 1 fully saturated rings. The number of methoxy groups -OCH3 is 1. The molecule has 4 heterocycles. The maximum Gasteiger partial charge on any atom is 0.328 e. The number of hydrogen-bond donors (Lipinski definition) is 1. The van der Waals surface area contributed by atoms with Crippen LogP contribution in [0.5, 0.6) is 5.75 Å². The lowest BCUT2D eigenvalue weighted by Gasteiger charge is -2.17. The predicted octanol–water partition coefficient (Wildman–Crippen LogP) is 4.23. The molecule has 7 nitrogen and oxygen atoms in total. The molecule has 0 saturated carbocycles. The number of nitrogens with zero attached hydrogens (tertiary/aromatic N) is 3. The first-order valence-electron chi connectivity index (χ1n) is 11.1. The number of thiophene rings is 1. The first-order chi connectivity index (χ1) is 16.0. The van der Waals surface area contributed by atoms with E-state index in [2.05, 4.69) is 27.0 Å². The number of benzene rings is 1. The molecule has 0 radical (unpaired) electrons. The van der Waals surface area contributed by atoms with E-state index >= 15 is 0 Å². The van der Waals surface area contributed by atoms with Gasteiger partial charge in [-0.2, -0.15) is 0 Å². The summed E-state index contributed by atoms with van der Waals surface area (Å²) in [6.45, 7) is 3.40. The second-order valence-corrected chi connectivity index (χ2v) is 9.85. The summed E-state index contributed by atoms with van der Waals surface area (Å²) in [7, 11) is 1.72. The first-order valence-corrected chi connectivity index (χ1v) is 12.3. The summed E-state index contributed by atoms with van der Waals surface area (Å²) >= 11 is 7.33. The molecule has 1 N–H and O–H groups in total. The predicted molar refractivity (Wildman–Crippen MR) is 133 cm³/mol. The Hall–Kier alpha value is -2.68. The van der Waals surface area contributed by atoms with E-state index in [-0.39, 0.29) is 5.56 Å². The molecule has 1 saturated heterocycles. The van der Waals surface area contributed by atoms with Crippen molar-refractivity contribution in [2.45, 2.75) is 31.7 Å². The van der Waals surface area contributed by atoms with Gasteiger partial charge < -0.3 is 14.6 Å². The average Bonchev–Trinajstić information content (AvgIpc) is 3.43. The van der Waals surface area contributed by atoms with Gasteiger partial charge in [0.1, 0.15) is 21.1 Å². The monoisotopic (exact) mass is 484 g/mol. The highest BCUT2D eigenvalue weighted by Crippen LogP contribution is 2.33. The number of fused-ring (bicyclic) bond motifs is 3.